The fraction of sp³-hybridized carbons (Fsp3) is 0.588. The van der Waals surface area contributed by atoms with Gasteiger partial charge in [-0.15, -0.1) is 0 Å². The Labute approximate surface area is 265 Å². The van der Waals surface area contributed by atoms with Crippen molar-refractivity contribution < 1.29 is 41.4 Å². The van der Waals surface area contributed by atoms with Crippen molar-refractivity contribution in [2.45, 2.75) is 74.4 Å². The van der Waals surface area contributed by atoms with Gasteiger partial charge in [0.25, 0.3) is 5.91 Å². The van der Waals surface area contributed by atoms with E-state index in [1.807, 2.05) is 0 Å². The van der Waals surface area contributed by atoms with Crippen LogP contribution in [-0.4, -0.2) is 91.0 Å². The van der Waals surface area contributed by atoms with E-state index in [9.17, 15) is 27.9 Å². The first kappa shape index (κ1) is 32.5. The van der Waals surface area contributed by atoms with Crippen molar-refractivity contribution in [3.63, 3.8) is 0 Å². The number of hydrogen-bond acceptors (Lipinski definition) is 5. The number of amides is 1. The van der Waals surface area contributed by atoms with Crippen molar-refractivity contribution in [2.24, 2.45) is 5.92 Å². The monoisotopic (exact) mass is 649 g/mol. The second kappa shape index (κ2) is 12.7. The van der Waals surface area contributed by atoms with Crippen LogP contribution in [0, 0.1) is 5.92 Å². The number of carboxylic acids is 1. The van der Waals surface area contributed by atoms with Crippen molar-refractivity contribution in [3.8, 4) is 5.75 Å². The average Bonchev–Trinajstić information content (AvgIpc) is 3.80. The normalized spacial score (nSPS) is 28.3. The lowest BCUT2D eigenvalue weighted by Gasteiger charge is -2.35. The largest absolute Gasteiger partial charge is 0.497 e. The molecule has 1 saturated carbocycles. The van der Waals surface area contributed by atoms with E-state index in [1.54, 1.807) is 29.2 Å². The molecule has 4 fully saturated rings. The lowest BCUT2D eigenvalue weighted by molar-refractivity contribution is -0.143. The molecule has 1 amide bonds. The van der Waals surface area contributed by atoms with Crippen LogP contribution in [0.15, 0.2) is 42.5 Å². The van der Waals surface area contributed by atoms with Crippen LogP contribution < -0.4 is 9.64 Å². The Hall–Kier alpha value is -3.41. The molecule has 0 unspecified atom stereocenters. The Morgan fingerprint density at radius 3 is 2.24 bits per heavy atom. The zero-order valence-electron chi connectivity index (χ0n) is 25.8. The van der Waals surface area contributed by atoms with Crippen LogP contribution in [0.4, 0.5) is 27.6 Å². The standard InChI is InChI=1S/C34H40F5N3O4/c1-46-25-9-6-21(7-10-25)28-18-42(24-4-2-3-5-24)20-33(28,36)32(45)41-17-27(29(35)19-41)26-11-8-23(34(37,38)39)16-30(26)40-14-12-22(13-15-40)31(43)44/h6-11,16,22,24,27-29H,2-5,12-15,17-20H2,1H3,(H,43,44)/t27-,28+,29+,33+/m1/s1. The highest BCUT2D eigenvalue weighted by atomic mass is 19.4. The highest BCUT2D eigenvalue weighted by Gasteiger charge is 2.57. The fourth-order valence-corrected chi connectivity index (χ4v) is 7.98. The molecule has 3 aliphatic heterocycles. The van der Waals surface area contributed by atoms with Gasteiger partial charge in [0.2, 0.25) is 5.67 Å². The van der Waals surface area contributed by atoms with E-state index in [0.717, 1.165) is 37.8 Å². The molecule has 0 aromatic heterocycles. The zero-order valence-corrected chi connectivity index (χ0v) is 25.8. The highest BCUT2D eigenvalue weighted by Crippen LogP contribution is 2.46. The van der Waals surface area contributed by atoms with Gasteiger partial charge in [-0.1, -0.05) is 31.0 Å². The molecule has 1 aliphatic carbocycles. The van der Waals surface area contributed by atoms with Crippen molar-refractivity contribution in [3.05, 3.63) is 59.2 Å². The Morgan fingerprint density at radius 1 is 0.957 bits per heavy atom. The van der Waals surface area contributed by atoms with Gasteiger partial charge in [0, 0.05) is 56.3 Å². The molecule has 12 heteroatoms. The van der Waals surface area contributed by atoms with Gasteiger partial charge in [0.1, 0.15) is 11.9 Å². The SMILES string of the molecule is COc1ccc([C@@H]2CN(C3CCCC3)C[C@@]2(F)C(=O)N2C[C@H](c3ccc(C(F)(F)F)cc3N3CCC(C(=O)O)CC3)[C@@H](F)C2)cc1. The third-order valence-electron chi connectivity index (χ3n) is 10.6. The molecule has 6 rings (SSSR count). The number of piperidine rings is 1. The minimum atomic E-state index is -4.63. The predicted octanol–water partition coefficient (Wildman–Crippen LogP) is 6.03. The molecule has 3 saturated heterocycles. The van der Waals surface area contributed by atoms with Gasteiger partial charge in [-0.05, 0) is 61.1 Å². The molecular weight excluding hydrogens is 609 g/mol. The van der Waals surface area contributed by atoms with Crippen LogP contribution in [-0.2, 0) is 15.8 Å². The highest BCUT2D eigenvalue weighted by molar-refractivity contribution is 5.88. The first-order valence-corrected chi connectivity index (χ1v) is 16.1. The molecule has 2 aromatic rings. The Kier molecular flexibility index (Phi) is 8.95. The summed E-state index contributed by atoms with van der Waals surface area (Å²) in [4.78, 5) is 30.6. The summed E-state index contributed by atoms with van der Waals surface area (Å²) in [5.41, 5.74) is -2.06. The summed E-state index contributed by atoms with van der Waals surface area (Å²) in [6.07, 6.45) is -1.82. The van der Waals surface area contributed by atoms with Crippen molar-refractivity contribution >= 4 is 17.6 Å². The number of hydrogen-bond donors (Lipinski definition) is 1. The quantitative estimate of drug-likeness (QED) is 0.370. The third kappa shape index (κ3) is 6.16. The number of ether oxygens (including phenoxy) is 1. The summed E-state index contributed by atoms with van der Waals surface area (Å²) in [5.74, 6) is -3.49. The molecule has 4 atom stereocenters. The summed E-state index contributed by atoms with van der Waals surface area (Å²) in [7, 11) is 1.53. The first-order valence-electron chi connectivity index (χ1n) is 16.1. The number of aliphatic carboxylic acids is 1. The Morgan fingerprint density at radius 2 is 1.63 bits per heavy atom. The summed E-state index contributed by atoms with van der Waals surface area (Å²) in [6.45, 7) is 0.113. The van der Waals surface area contributed by atoms with Crippen LogP contribution in [0.5, 0.6) is 5.75 Å². The fourth-order valence-electron chi connectivity index (χ4n) is 7.98. The van der Waals surface area contributed by atoms with Crippen LogP contribution in [0.25, 0.3) is 0 Å². The average molecular weight is 650 g/mol. The summed E-state index contributed by atoms with van der Waals surface area (Å²) >= 11 is 0. The number of carbonyl (C=O) groups excluding carboxylic acids is 1. The lowest BCUT2D eigenvalue weighted by Crippen LogP contribution is -2.50. The second-order valence-electron chi connectivity index (χ2n) is 13.3. The van der Waals surface area contributed by atoms with Gasteiger partial charge >= 0.3 is 12.1 Å². The molecule has 0 radical (unpaired) electrons. The zero-order chi connectivity index (χ0) is 32.8. The molecule has 0 spiro atoms. The van der Waals surface area contributed by atoms with Crippen molar-refractivity contribution in [1.29, 1.82) is 0 Å². The number of carboxylic acid groups (broad SMARTS) is 1. The first-order chi connectivity index (χ1) is 21.9. The number of halogens is 5. The van der Waals surface area contributed by atoms with Gasteiger partial charge < -0.3 is 19.6 Å². The molecule has 3 heterocycles. The molecular formula is C34H40F5N3O4. The van der Waals surface area contributed by atoms with Crippen LogP contribution in [0.1, 0.15) is 67.1 Å². The van der Waals surface area contributed by atoms with Gasteiger partial charge in [-0.25, -0.2) is 8.78 Å². The van der Waals surface area contributed by atoms with E-state index in [1.165, 1.54) is 18.1 Å². The van der Waals surface area contributed by atoms with Gasteiger partial charge in [-0.2, -0.15) is 13.2 Å². The van der Waals surface area contributed by atoms with E-state index in [0.29, 0.717) is 23.4 Å². The van der Waals surface area contributed by atoms with Gasteiger partial charge in [0.05, 0.1) is 25.1 Å². The molecule has 46 heavy (non-hydrogen) atoms. The molecule has 7 nitrogen and oxygen atoms in total. The second-order valence-corrected chi connectivity index (χ2v) is 13.3. The van der Waals surface area contributed by atoms with Crippen molar-refractivity contribution in [1.82, 2.24) is 9.80 Å². The Bertz CT molecular complexity index is 1420. The number of carbonyl (C=O) groups is 2. The van der Waals surface area contributed by atoms with E-state index in [2.05, 4.69) is 4.90 Å². The van der Waals surface area contributed by atoms with Crippen molar-refractivity contribution in [2.75, 3.05) is 51.3 Å². The number of methoxy groups -OCH3 is 1. The number of likely N-dealkylation sites (tertiary alicyclic amines) is 2. The number of rotatable bonds is 7. The number of alkyl halides is 5. The minimum Gasteiger partial charge on any atom is -0.497 e. The maximum atomic E-state index is 17.3. The maximum absolute atomic E-state index is 17.3. The predicted molar refractivity (Wildman–Crippen MR) is 162 cm³/mol. The van der Waals surface area contributed by atoms with Crippen LogP contribution >= 0.6 is 0 Å². The topological polar surface area (TPSA) is 73.3 Å². The maximum Gasteiger partial charge on any atom is 0.416 e. The van der Waals surface area contributed by atoms with E-state index < -0.39 is 53.2 Å². The molecule has 4 aliphatic rings. The molecule has 1 N–H and O–H groups in total. The lowest BCUT2D eigenvalue weighted by atomic mass is 9.85. The Balaban J connectivity index is 1.28. The smallest absolute Gasteiger partial charge is 0.416 e. The van der Waals surface area contributed by atoms with E-state index >= 15 is 8.78 Å². The van der Waals surface area contributed by atoms with Crippen LogP contribution in [0.3, 0.4) is 0 Å². The summed E-state index contributed by atoms with van der Waals surface area (Å²) in [6, 6.07) is 10.3. The summed E-state index contributed by atoms with van der Waals surface area (Å²) < 4.78 is 79.8. The third-order valence-corrected chi connectivity index (χ3v) is 10.6. The van der Waals surface area contributed by atoms with Crippen LogP contribution in [0.2, 0.25) is 0 Å². The minimum absolute atomic E-state index is 0.102. The number of anilines is 1. The van der Waals surface area contributed by atoms with Gasteiger partial charge in [0.15, 0.2) is 0 Å². The molecule has 250 valence electrons. The number of nitrogens with zero attached hydrogens (tertiary/aromatic N) is 3. The number of benzene rings is 2. The molecule has 0 bridgehead atoms. The summed E-state index contributed by atoms with van der Waals surface area (Å²) in [5, 5.41) is 9.40. The van der Waals surface area contributed by atoms with Gasteiger partial charge in [-0.3, -0.25) is 14.5 Å². The van der Waals surface area contributed by atoms with E-state index in [4.69, 9.17) is 4.74 Å². The molecule has 2 aromatic carbocycles. The van der Waals surface area contributed by atoms with E-state index in [-0.39, 0.29) is 57.3 Å².